The van der Waals surface area contributed by atoms with E-state index in [-0.39, 0.29) is 5.91 Å². The fraction of sp³-hybridized carbons (Fsp3) is 0.286. The lowest BCUT2D eigenvalue weighted by molar-refractivity contribution is -0.125. The zero-order valence-corrected chi connectivity index (χ0v) is 12.9. The Morgan fingerprint density at radius 1 is 1.50 bits per heavy atom. The number of ether oxygens (including phenoxy) is 1. The normalized spacial score (nSPS) is 12.2. The van der Waals surface area contributed by atoms with E-state index in [0.717, 1.165) is 10.2 Å². The lowest BCUT2D eigenvalue weighted by Gasteiger charge is -2.15. The van der Waals surface area contributed by atoms with Crippen molar-refractivity contribution < 1.29 is 9.53 Å². The summed E-state index contributed by atoms with van der Waals surface area (Å²) in [4.78, 5) is 12.1. The highest BCUT2D eigenvalue weighted by Gasteiger charge is 2.17. The molecule has 0 spiro atoms. The molecule has 0 radical (unpaired) electrons. The van der Waals surface area contributed by atoms with Gasteiger partial charge in [0.1, 0.15) is 6.10 Å². The first-order chi connectivity index (χ1) is 9.65. The van der Waals surface area contributed by atoms with Crippen molar-refractivity contribution in [2.24, 2.45) is 0 Å². The molecule has 1 heterocycles. The van der Waals surface area contributed by atoms with Crippen molar-refractivity contribution in [3.05, 3.63) is 41.1 Å². The van der Waals surface area contributed by atoms with Crippen LogP contribution >= 0.6 is 15.9 Å². The van der Waals surface area contributed by atoms with Crippen molar-refractivity contribution in [1.82, 2.24) is 9.78 Å². The van der Waals surface area contributed by atoms with Crippen LogP contribution in [0.3, 0.4) is 0 Å². The second kappa shape index (κ2) is 6.67. The van der Waals surface area contributed by atoms with Crippen molar-refractivity contribution in [1.29, 1.82) is 0 Å². The van der Waals surface area contributed by atoms with Crippen LogP contribution in [0.25, 0.3) is 5.69 Å². The second-order valence-electron chi connectivity index (χ2n) is 4.24. The molecule has 0 fully saturated rings. The minimum atomic E-state index is -0.451. The monoisotopic (exact) mass is 337 g/mol. The van der Waals surface area contributed by atoms with Gasteiger partial charge < -0.3 is 10.1 Å². The summed E-state index contributed by atoms with van der Waals surface area (Å²) in [5, 5.41) is 7.11. The molecule has 20 heavy (non-hydrogen) atoms. The van der Waals surface area contributed by atoms with E-state index in [9.17, 15) is 4.79 Å². The van der Waals surface area contributed by atoms with E-state index >= 15 is 0 Å². The van der Waals surface area contributed by atoms with E-state index in [1.165, 1.54) is 7.11 Å². The van der Waals surface area contributed by atoms with E-state index in [1.807, 2.05) is 37.4 Å². The molecule has 2 aromatic rings. The van der Waals surface area contributed by atoms with Crippen LogP contribution in [0.5, 0.6) is 0 Å². The third kappa shape index (κ3) is 3.26. The van der Waals surface area contributed by atoms with Crippen LogP contribution in [0.2, 0.25) is 0 Å². The molecule has 0 unspecified atom stereocenters. The largest absolute Gasteiger partial charge is 0.372 e. The van der Waals surface area contributed by atoms with E-state index in [1.54, 1.807) is 10.9 Å². The Morgan fingerprint density at radius 2 is 2.25 bits per heavy atom. The summed E-state index contributed by atoms with van der Waals surface area (Å²) in [6, 6.07) is 7.49. The molecule has 0 saturated carbocycles. The predicted octanol–water partition coefficient (Wildman–Crippen LogP) is 3.00. The number of rotatable bonds is 5. The summed E-state index contributed by atoms with van der Waals surface area (Å²) in [5.41, 5.74) is 1.50. The third-order valence-electron chi connectivity index (χ3n) is 2.91. The van der Waals surface area contributed by atoms with E-state index < -0.39 is 6.10 Å². The fourth-order valence-corrected chi connectivity index (χ4v) is 2.17. The molecule has 2 rings (SSSR count). The highest BCUT2D eigenvalue weighted by atomic mass is 79.9. The summed E-state index contributed by atoms with van der Waals surface area (Å²) in [6.45, 7) is 1.91. The van der Waals surface area contributed by atoms with Gasteiger partial charge in [-0.2, -0.15) is 5.10 Å². The van der Waals surface area contributed by atoms with Gasteiger partial charge in [-0.25, -0.2) is 4.68 Å². The molecule has 1 amide bonds. The first-order valence-corrected chi connectivity index (χ1v) is 7.08. The third-order valence-corrected chi connectivity index (χ3v) is 3.32. The van der Waals surface area contributed by atoms with Gasteiger partial charge in [-0.05, 0) is 34.5 Å². The number of anilines is 1. The number of methoxy groups -OCH3 is 1. The average molecular weight is 338 g/mol. The maximum absolute atomic E-state index is 12.1. The minimum absolute atomic E-state index is 0.159. The first-order valence-electron chi connectivity index (χ1n) is 6.29. The van der Waals surface area contributed by atoms with Crippen LogP contribution in [0, 0.1) is 0 Å². The molecule has 0 bridgehead atoms. The van der Waals surface area contributed by atoms with Crippen LogP contribution in [-0.4, -0.2) is 28.9 Å². The highest BCUT2D eigenvalue weighted by Crippen LogP contribution is 2.21. The molecule has 6 heteroatoms. The Hall–Kier alpha value is -1.66. The van der Waals surface area contributed by atoms with E-state index in [4.69, 9.17) is 4.74 Å². The molecule has 5 nitrogen and oxygen atoms in total. The molecule has 0 aliphatic heterocycles. The van der Waals surface area contributed by atoms with Crippen molar-refractivity contribution in [2.45, 2.75) is 19.4 Å². The fourth-order valence-electron chi connectivity index (χ4n) is 1.88. The van der Waals surface area contributed by atoms with Gasteiger partial charge in [-0.15, -0.1) is 0 Å². The maximum Gasteiger partial charge on any atom is 0.253 e. The van der Waals surface area contributed by atoms with Gasteiger partial charge in [0.05, 0.1) is 22.0 Å². The highest BCUT2D eigenvalue weighted by molar-refractivity contribution is 9.10. The van der Waals surface area contributed by atoms with E-state index in [2.05, 4.69) is 26.3 Å². The number of hydrogen-bond acceptors (Lipinski definition) is 3. The van der Waals surface area contributed by atoms with Gasteiger partial charge in [0, 0.05) is 13.3 Å². The lowest BCUT2D eigenvalue weighted by Crippen LogP contribution is -2.29. The predicted molar refractivity (Wildman–Crippen MR) is 81.0 cm³/mol. The van der Waals surface area contributed by atoms with Gasteiger partial charge in [-0.1, -0.05) is 19.1 Å². The number of carbonyl (C=O) groups is 1. The molecular weight excluding hydrogens is 322 g/mol. The average Bonchev–Trinajstić information content (AvgIpc) is 2.87. The summed E-state index contributed by atoms with van der Waals surface area (Å²) >= 11 is 3.36. The first kappa shape index (κ1) is 14.7. The number of aromatic nitrogens is 2. The number of halogens is 1. The molecule has 1 atom stereocenters. The van der Waals surface area contributed by atoms with Crippen LogP contribution in [0.4, 0.5) is 5.69 Å². The lowest BCUT2D eigenvalue weighted by atomic mass is 10.2. The quantitative estimate of drug-likeness (QED) is 0.912. The Bertz CT molecular complexity index is 594. The Morgan fingerprint density at radius 3 is 2.85 bits per heavy atom. The van der Waals surface area contributed by atoms with Gasteiger partial charge in [-0.3, -0.25) is 4.79 Å². The van der Waals surface area contributed by atoms with Crippen LogP contribution in [0.15, 0.2) is 41.1 Å². The Labute approximate surface area is 126 Å². The maximum atomic E-state index is 12.1. The number of carbonyl (C=O) groups excluding carboxylic acids is 1. The van der Waals surface area contributed by atoms with Crippen molar-refractivity contribution in [3.8, 4) is 5.69 Å². The summed E-state index contributed by atoms with van der Waals surface area (Å²) in [7, 11) is 1.53. The second-order valence-corrected chi connectivity index (χ2v) is 5.16. The number of benzene rings is 1. The zero-order valence-electron chi connectivity index (χ0n) is 11.3. The number of amides is 1. The molecular formula is C14H16BrN3O2. The topological polar surface area (TPSA) is 56.1 Å². The smallest absolute Gasteiger partial charge is 0.253 e. The number of nitrogens with zero attached hydrogens (tertiary/aromatic N) is 2. The summed E-state index contributed by atoms with van der Waals surface area (Å²) < 4.78 is 7.72. The van der Waals surface area contributed by atoms with Gasteiger partial charge in [0.25, 0.3) is 5.91 Å². The molecule has 0 aliphatic rings. The van der Waals surface area contributed by atoms with Crippen LogP contribution in [-0.2, 0) is 9.53 Å². The SMILES string of the molecule is CC[C@@H](OC)C(=O)Nc1ccccc1-n1cc(Br)cn1. The number of nitrogens with one attached hydrogen (secondary N) is 1. The standard InChI is InChI=1S/C14H16BrN3O2/c1-3-13(20-2)14(19)17-11-6-4-5-7-12(11)18-9-10(15)8-16-18/h4-9,13H,3H2,1-2H3,(H,17,19)/t13-/m1/s1. The van der Waals surface area contributed by atoms with Crippen molar-refractivity contribution >= 4 is 27.5 Å². The molecule has 1 aromatic heterocycles. The number of hydrogen-bond donors (Lipinski definition) is 1. The van der Waals surface area contributed by atoms with E-state index in [0.29, 0.717) is 12.1 Å². The van der Waals surface area contributed by atoms with Gasteiger partial charge in [0.15, 0.2) is 0 Å². The Balaban J connectivity index is 2.27. The molecule has 1 N–H and O–H groups in total. The minimum Gasteiger partial charge on any atom is -0.372 e. The molecule has 0 saturated heterocycles. The van der Waals surface area contributed by atoms with Crippen LogP contribution in [0.1, 0.15) is 13.3 Å². The molecule has 0 aliphatic carbocycles. The number of para-hydroxylation sites is 2. The molecule has 1 aromatic carbocycles. The van der Waals surface area contributed by atoms with Crippen LogP contribution < -0.4 is 5.32 Å². The summed E-state index contributed by atoms with van der Waals surface area (Å²) in [6.07, 6.45) is 3.70. The van der Waals surface area contributed by atoms with Crippen molar-refractivity contribution in [2.75, 3.05) is 12.4 Å². The van der Waals surface area contributed by atoms with Gasteiger partial charge in [0.2, 0.25) is 0 Å². The summed E-state index contributed by atoms with van der Waals surface area (Å²) in [5.74, 6) is -0.159. The zero-order chi connectivity index (χ0) is 14.5. The Kier molecular flexibility index (Phi) is 4.92. The molecule has 106 valence electrons. The van der Waals surface area contributed by atoms with Crippen molar-refractivity contribution in [3.63, 3.8) is 0 Å². The van der Waals surface area contributed by atoms with Gasteiger partial charge >= 0.3 is 0 Å².